The number of aromatic nitrogens is 3. The topological polar surface area (TPSA) is 84.1 Å². The zero-order valence-electron chi connectivity index (χ0n) is 24.2. The summed E-state index contributed by atoms with van der Waals surface area (Å²) in [6.07, 6.45) is 4.70. The van der Waals surface area contributed by atoms with Crippen LogP contribution in [0.4, 0.5) is 5.82 Å². The molecule has 0 atom stereocenters. The average molecular weight is 555 g/mol. The Morgan fingerprint density at radius 2 is 1.56 bits per heavy atom. The van der Waals surface area contributed by atoms with E-state index in [9.17, 15) is 9.59 Å². The van der Waals surface area contributed by atoms with E-state index in [2.05, 4.69) is 44.1 Å². The maximum atomic E-state index is 13.9. The standard InChI is InChI=1S/C30H32N6O2.C2H6O/c1-33-23-18-20-8-2-3-9-21(20)19-24(23)36-28-22(10-11-25(32-28)35-15-6-7-16-35)27(37)26(30(33)36)29(38)31-12-17-34-13-4-5-14-34;1-3-2/h2-3,8-11,18-19H,4-7,12-17H2,1H3,(H,31,38);1-2H3. The van der Waals surface area contributed by atoms with Crippen LogP contribution in [-0.2, 0) is 11.8 Å². The van der Waals surface area contributed by atoms with Crippen LogP contribution < -0.4 is 15.6 Å². The van der Waals surface area contributed by atoms with Crippen molar-refractivity contribution in [2.24, 2.45) is 7.05 Å². The van der Waals surface area contributed by atoms with Crippen molar-refractivity contribution in [3.05, 3.63) is 64.3 Å². The van der Waals surface area contributed by atoms with E-state index < -0.39 is 0 Å². The molecule has 2 aromatic carbocycles. The fourth-order valence-corrected chi connectivity index (χ4v) is 6.31. The Morgan fingerprint density at radius 1 is 0.927 bits per heavy atom. The number of hydrogen-bond acceptors (Lipinski definition) is 6. The van der Waals surface area contributed by atoms with Crippen molar-refractivity contribution in [3.63, 3.8) is 0 Å². The Balaban J connectivity index is 0.000000967. The molecule has 1 amide bonds. The summed E-state index contributed by atoms with van der Waals surface area (Å²) in [5, 5.41) is 5.73. The number of pyridine rings is 2. The fourth-order valence-electron chi connectivity index (χ4n) is 6.31. The van der Waals surface area contributed by atoms with E-state index in [1.165, 1.54) is 12.8 Å². The van der Waals surface area contributed by atoms with Gasteiger partial charge in [0.25, 0.3) is 5.91 Å². The van der Waals surface area contributed by atoms with E-state index in [4.69, 9.17) is 4.98 Å². The number of carbonyl (C=O) groups excluding carboxylic acids is 1. The number of benzene rings is 2. The summed E-state index contributed by atoms with van der Waals surface area (Å²) in [6.45, 7) is 5.39. The minimum absolute atomic E-state index is 0.178. The summed E-state index contributed by atoms with van der Waals surface area (Å²) in [4.78, 5) is 37.3. The van der Waals surface area contributed by atoms with Crippen LogP contribution in [0.2, 0.25) is 0 Å². The lowest BCUT2D eigenvalue weighted by Crippen LogP contribution is -2.36. The number of nitrogens with one attached hydrogen (secondary N) is 1. The molecule has 0 saturated carbocycles. The molecular formula is C32H38N6O3. The van der Waals surface area contributed by atoms with Crippen molar-refractivity contribution in [2.75, 3.05) is 58.4 Å². The molecule has 1 N–H and O–H groups in total. The normalized spacial score (nSPS) is 15.7. The zero-order chi connectivity index (χ0) is 28.5. The van der Waals surface area contributed by atoms with Crippen molar-refractivity contribution in [3.8, 4) is 0 Å². The highest BCUT2D eigenvalue weighted by atomic mass is 16.4. The number of anilines is 1. The molecule has 41 heavy (non-hydrogen) atoms. The molecule has 0 aliphatic carbocycles. The molecule has 3 aromatic heterocycles. The van der Waals surface area contributed by atoms with Gasteiger partial charge in [-0.3, -0.25) is 14.0 Å². The van der Waals surface area contributed by atoms with Crippen LogP contribution in [0.5, 0.6) is 0 Å². The number of likely N-dealkylation sites (tertiary alicyclic amines) is 1. The second kappa shape index (κ2) is 11.5. The molecular weight excluding hydrogens is 516 g/mol. The van der Waals surface area contributed by atoms with Crippen LogP contribution in [0, 0.1) is 0 Å². The van der Waals surface area contributed by atoms with Crippen LogP contribution in [0.3, 0.4) is 0 Å². The van der Waals surface area contributed by atoms with Crippen LogP contribution >= 0.6 is 0 Å². The highest BCUT2D eigenvalue weighted by molar-refractivity contribution is 6.07. The Morgan fingerprint density at radius 3 is 2.24 bits per heavy atom. The third kappa shape index (κ3) is 4.93. The maximum Gasteiger partial charge on any atom is 0.259 e. The van der Waals surface area contributed by atoms with Gasteiger partial charge in [0.15, 0.2) is 5.65 Å². The first-order valence-electron chi connectivity index (χ1n) is 14.5. The molecule has 214 valence electrons. The Kier molecular flexibility index (Phi) is 7.64. The van der Waals surface area contributed by atoms with Crippen molar-refractivity contribution in [2.45, 2.75) is 25.7 Å². The summed E-state index contributed by atoms with van der Waals surface area (Å²) in [5.41, 5.74) is 2.98. The van der Waals surface area contributed by atoms with Gasteiger partial charge in [-0.2, -0.15) is 0 Å². The van der Waals surface area contributed by atoms with Gasteiger partial charge in [0.05, 0.1) is 16.4 Å². The molecule has 2 aliphatic rings. The smallest absolute Gasteiger partial charge is 0.259 e. The summed E-state index contributed by atoms with van der Waals surface area (Å²) >= 11 is 0. The first-order chi connectivity index (χ1) is 20.0. The van der Waals surface area contributed by atoms with Crippen molar-refractivity contribution >= 4 is 50.2 Å². The number of nitrogens with zero attached hydrogens (tertiary/aromatic N) is 5. The van der Waals surface area contributed by atoms with Gasteiger partial charge in [0, 0.05) is 47.4 Å². The Hall–Kier alpha value is -3.95. The van der Waals surface area contributed by atoms with Gasteiger partial charge in [-0.05, 0) is 73.8 Å². The van der Waals surface area contributed by atoms with Crippen LogP contribution in [0.1, 0.15) is 36.0 Å². The first-order valence-corrected chi connectivity index (χ1v) is 14.5. The Labute approximate surface area is 239 Å². The number of imidazole rings is 1. The summed E-state index contributed by atoms with van der Waals surface area (Å²) in [5.74, 6) is 0.552. The minimum atomic E-state index is -0.326. The lowest BCUT2D eigenvalue weighted by atomic mass is 10.1. The minimum Gasteiger partial charge on any atom is -0.388 e. The summed E-state index contributed by atoms with van der Waals surface area (Å²) < 4.78 is 8.25. The van der Waals surface area contributed by atoms with Crippen molar-refractivity contribution in [1.29, 1.82) is 0 Å². The average Bonchev–Trinajstić information content (AvgIpc) is 3.75. The molecule has 2 fully saturated rings. The molecule has 7 rings (SSSR count). The van der Waals surface area contributed by atoms with E-state index in [0.717, 1.165) is 73.2 Å². The summed E-state index contributed by atoms with van der Waals surface area (Å²) in [7, 11) is 5.18. The first kappa shape index (κ1) is 27.2. The predicted octanol–water partition coefficient (Wildman–Crippen LogP) is 4.18. The fraction of sp³-hybridized carbons (Fsp3) is 0.406. The lowest BCUT2D eigenvalue weighted by molar-refractivity contribution is 0.0950. The second-order valence-corrected chi connectivity index (χ2v) is 11.1. The molecule has 0 spiro atoms. The van der Waals surface area contributed by atoms with E-state index in [1.807, 2.05) is 40.3 Å². The molecule has 5 aromatic rings. The van der Waals surface area contributed by atoms with Gasteiger partial charge in [-0.25, -0.2) is 4.98 Å². The number of carbonyl (C=O) groups is 1. The number of hydrogen-bond donors (Lipinski definition) is 1. The van der Waals surface area contributed by atoms with Crippen LogP contribution in [0.15, 0.2) is 53.3 Å². The number of methoxy groups -OCH3 is 1. The van der Waals surface area contributed by atoms with Crippen LogP contribution in [-0.4, -0.2) is 78.2 Å². The molecule has 0 bridgehead atoms. The molecule has 0 radical (unpaired) electrons. The SMILES string of the molecule is COC.Cn1c2cc3ccccc3cc2n2c3nc(N4CCCC4)ccc3c(=O)c(C(=O)NCCN3CCCC3)c12. The van der Waals surface area contributed by atoms with Gasteiger partial charge < -0.3 is 24.4 Å². The quantitative estimate of drug-likeness (QED) is 0.351. The van der Waals surface area contributed by atoms with E-state index in [0.29, 0.717) is 23.2 Å². The van der Waals surface area contributed by atoms with Crippen molar-refractivity contribution < 1.29 is 9.53 Å². The molecule has 2 aliphatic heterocycles. The van der Waals surface area contributed by atoms with Gasteiger partial charge in [-0.1, -0.05) is 24.3 Å². The molecule has 9 heteroatoms. The van der Waals surface area contributed by atoms with E-state index in [1.54, 1.807) is 14.2 Å². The molecule has 0 unspecified atom stereocenters. The number of amides is 1. The number of rotatable bonds is 5. The highest BCUT2D eigenvalue weighted by Crippen LogP contribution is 2.30. The number of fused-ring (bicyclic) bond motifs is 6. The molecule has 9 nitrogen and oxygen atoms in total. The molecule has 2 saturated heterocycles. The molecule has 5 heterocycles. The largest absolute Gasteiger partial charge is 0.388 e. The third-order valence-electron chi connectivity index (χ3n) is 8.31. The zero-order valence-corrected chi connectivity index (χ0v) is 24.2. The predicted molar refractivity (Wildman–Crippen MR) is 165 cm³/mol. The summed E-state index contributed by atoms with van der Waals surface area (Å²) in [6, 6.07) is 16.3. The van der Waals surface area contributed by atoms with Gasteiger partial charge >= 0.3 is 0 Å². The van der Waals surface area contributed by atoms with Gasteiger partial charge in [-0.15, -0.1) is 0 Å². The van der Waals surface area contributed by atoms with Gasteiger partial charge in [0.1, 0.15) is 17.0 Å². The van der Waals surface area contributed by atoms with Gasteiger partial charge in [0.2, 0.25) is 5.43 Å². The van der Waals surface area contributed by atoms with E-state index >= 15 is 0 Å². The monoisotopic (exact) mass is 554 g/mol. The van der Waals surface area contributed by atoms with E-state index in [-0.39, 0.29) is 16.9 Å². The number of ether oxygens (including phenoxy) is 1. The Bertz CT molecular complexity index is 1790. The maximum absolute atomic E-state index is 13.9. The third-order valence-corrected chi connectivity index (χ3v) is 8.31. The van der Waals surface area contributed by atoms with Crippen molar-refractivity contribution in [1.82, 2.24) is 24.2 Å². The van der Waals surface area contributed by atoms with Crippen LogP contribution in [0.25, 0.3) is 38.5 Å². The second-order valence-electron chi connectivity index (χ2n) is 11.1. The lowest BCUT2D eigenvalue weighted by Gasteiger charge is -2.18. The highest BCUT2D eigenvalue weighted by Gasteiger charge is 2.25. The number of aryl methyl sites for hydroxylation is 1.